The Morgan fingerprint density at radius 3 is 2.56 bits per heavy atom. The molecule has 5 heteroatoms. The van der Waals surface area contributed by atoms with Crippen molar-refractivity contribution in [3.05, 3.63) is 0 Å². The number of thioether (sulfide) groups is 1. The summed E-state index contributed by atoms with van der Waals surface area (Å²) >= 11 is 1.97. The third kappa shape index (κ3) is 4.32. The molecule has 0 saturated heterocycles. The molecule has 106 valence electrons. The van der Waals surface area contributed by atoms with E-state index in [0.29, 0.717) is 6.54 Å². The summed E-state index contributed by atoms with van der Waals surface area (Å²) in [5.41, 5.74) is 5.55. The fourth-order valence-electron chi connectivity index (χ4n) is 2.53. The van der Waals surface area contributed by atoms with Gasteiger partial charge in [-0.2, -0.15) is 11.8 Å². The summed E-state index contributed by atoms with van der Waals surface area (Å²) in [6.07, 6.45) is 7.09. The van der Waals surface area contributed by atoms with Crippen molar-refractivity contribution in [1.29, 1.82) is 0 Å². The molecule has 0 spiro atoms. The number of hydrogen-bond donors (Lipinski definition) is 2. The fourth-order valence-corrected chi connectivity index (χ4v) is 3.61. The lowest BCUT2D eigenvalue weighted by atomic mass is 9.85. The van der Waals surface area contributed by atoms with E-state index in [1.807, 2.05) is 11.8 Å². The molecular formula is C13H25ClN2OS. The summed E-state index contributed by atoms with van der Waals surface area (Å²) in [5, 5.41) is 3.07. The van der Waals surface area contributed by atoms with Crippen molar-refractivity contribution in [2.75, 3.05) is 24.6 Å². The Labute approximate surface area is 120 Å². The van der Waals surface area contributed by atoms with E-state index in [0.717, 1.165) is 43.9 Å². The van der Waals surface area contributed by atoms with Gasteiger partial charge in [0.05, 0.1) is 5.41 Å². The van der Waals surface area contributed by atoms with E-state index in [4.69, 9.17) is 5.73 Å². The van der Waals surface area contributed by atoms with Gasteiger partial charge >= 0.3 is 0 Å². The van der Waals surface area contributed by atoms with Crippen LogP contribution >= 0.6 is 24.2 Å². The van der Waals surface area contributed by atoms with Crippen LogP contribution in [0.4, 0.5) is 0 Å². The van der Waals surface area contributed by atoms with E-state index in [2.05, 4.69) is 5.32 Å². The van der Waals surface area contributed by atoms with E-state index in [-0.39, 0.29) is 23.7 Å². The third-order valence-corrected chi connectivity index (χ3v) is 5.22. The molecule has 0 unspecified atom stereocenters. The van der Waals surface area contributed by atoms with Crippen molar-refractivity contribution in [1.82, 2.24) is 5.32 Å². The molecule has 0 heterocycles. The van der Waals surface area contributed by atoms with E-state index < -0.39 is 0 Å². The lowest BCUT2D eigenvalue weighted by Gasteiger charge is -2.25. The monoisotopic (exact) mass is 292 g/mol. The van der Waals surface area contributed by atoms with Crippen LogP contribution in [0.2, 0.25) is 0 Å². The van der Waals surface area contributed by atoms with Crippen molar-refractivity contribution in [3.63, 3.8) is 0 Å². The molecule has 3 nitrogen and oxygen atoms in total. The van der Waals surface area contributed by atoms with Gasteiger partial charge in [0.15, 0.2) is 0 Å². The predicted molar refractivity (Wildman–Crippen MR) is 80.3 cm³/mol. The molecule has 2 fully saturated rings. The molecule has 3 N–H and O–H groups in total. The highest BCUT2D eigenvalue weighted by Gasteiger charge is 2.39. The zero-order chi connectivity index (χ0) is 12.1. The van der Waals surface area contributed by atoms with Gasteiger partial charge in [-0.3, -0.25) is 4.79 Å². The number of amides is 1. The van der Waals surface area contributed by atoms with Gasteiger partial charge in [0.1, 0.15) is 0 Å². The minimum atomic E-state index is -0.235. The molecule has 18 heavy (non-hydrogen) atoms. The second kappa shape index (κ2) is 7.61. The van der Waals surface area contributed by atoms with Gasteiger partial charge in [-0.25, -0.2) is 0 Å². The Hall–Kier alpha value is 0.0700. The third-order valence-electron chi connectivity index (χ3n) is 4.02. The first-order valence-electron chi connectivity index (χ1n) is 6.83. The topological polar surface area (TPSA) is 55.1 Å². The van der Waals surface area contributed by atoms with Gasteiger partial charge in [0.25, 0.3) is 0 Å². The zero-order valence-electron chi connectivity index (χ0n) is 11.0. The van der Waals surface area contributed by atoms with E-state index >= 15 is 0 Å². The number of hydrogen-bond acceptors (Lipinski definition) is 3. The van der Waals surface area contributed by atoms with Crippen LogP contribution in [-0.4, -0.2) is 30.5 Å². The van der Waals surface area contributed by atoms with Crippen LogP contribution in [0.25, 0.3) is 0 Å². The summed E-state index contributed by atoms with van der Waals surface area (Å²) in [7, 11) is 0. The summed E-state index contributed by atoms with van der Waals surface area (Å²) in [4.78, 5) is 12.1. The second-order valence-corrected chi connectivity index (χ2v) is 6.62. The summed E-state index contributed by atoms with van der Waals surface area (Å²) in [6, 6.07) is 0. The number of rotatable bonds is 7. The second-order valence-electron chi connectivity index (χ2n) is 5.47. The van der Waals surface area contributed by atoms with Crippen molar-refractivity contribution in [3.8, 4) is 0 Å². The van der Waals surface area contributed by atoms with Crippen molar-refractivity contribution >= 4 is 30.1 Å². The van der Waals surface area contributed by atoms with E-state index in [1.165, 1.54) is 18.6 Å². The first-order chi connectivity index (χ1) is 8.27. The highest BCUT2D eigenvalue weighted by Crippen LogP contribution is 2.37. The molecule has 0 aromatic rings. The van der Waals surface area contributed by atoms with Crippen LogP contribution in [0.3, 0.4) is 0 Å². The highest BCUT2D eigenvalue weighted by atomic mass is 35.5. The summed E-state index contributed by atoms with van der Waals surface area (Å²) in [5.74, 6) is 3.49. The molecule has 1 amide bonds. The summed E-state index contributed by atoms with van der Waals surface area (Å²) < 4.78 is 0. The van der Waals surface area contributed by atoms with Crippen LogP contribution in [0.5, 0.6) is 0 Å². The number of carbonyl (C=O) groups excluding carboxylic acids is 1. The number of nitrogens with two attached hydrogens (primary N) is 1. The molecule has 0 aromatic heterocycles. The maximum atomic E-state index is 12.1. The predicted octanol–water partition coefficient (Wildman–Crippen LogP) is 2.19. The van der Waals surface area contributed by atoms with E-state index in [1.54, 1.807) is 0 Å². The molecule has 0 aromatic carbocycles. The van der Waals surface area contributed by atoms with Gasteiger partial charge in [0.2, 0.25) is 5.91 Å². The Bertz CT molecular complexity index is 266. The number of nitrogens with one attached hydrogen (secondary N) is 1. The van der Waals surface area contributed by atoms with Gasteiger partial charge in [0, 0.05) is 18.8 Å². The van der Waals surface area contributed by atoms with Gasteiger partial charge in [-0.15, -0.1) is 12.4 Å². The van der Waals surface area contributed by atoms with Gasteiger partial charge < -0.3 is 11.1 Å². The van der Waals surface area contributed by atoms with Gasteiger partial charge in [-0.1, -0.05) is 12.8 Å². The Kier molecular flexibility index (Phi) is 6.82. The lowest BCUT2D eigenvalue weighted by Crippen LogP contribution is -2.44. The molecule has 2 saturated carbocycles. The van der Waals surface area contributed by atoms with Crippen LogP contribution in [-0.2, 0) is 4.79 Å². The smallest absolute Gasteiger partial charge is 0.227 e. The minimum Gasteiger partial charge on any atom is -0.355 e. The average Bonchev–Trinajstić information content (AvgIpc) is 3.04. The van der Waals surface area contributed by atoms with Crippen molar-refractivity contribution in [2.45, 2.75) is 38.5 Å². The summed E-state index contributed by atoms with van der Waals surface area (Å²) in [6.45, 7) is 1.31. The standard InChI is InChI=1S/C13H24N2OS.ClH/c14-10-13(5-1-2-6-13)12(16)15-7-8-17-9-11-3-4-11;/h11H,1-10,14H2,(H,15,16);1H. The van der Waals surface area contributed by atoms with Gasteiger partial charge in [-0.05, 0) is 37.4 Å². The molecule has 0 aliphatic heterocycles. The largest absolute Gasteiger partial charge is 0.355 e. The van der Waals surface area contributed by atoms with Crippen LogP contribution < -0.4 is 11.1 Å². The molecule has 0 radical (unpaired) electrons. The lowest BCUT2D eigenvalue weighted by molar-refractivity contribution is -0.130. The SMILES string of the molecule is Cl.NCC1(C(=O)NCCSCC2CC2)CCCC1. The average molecular weight is 293 g/mol. The molecule has 2 aliphatic carbocycles. The highest BCUT2D eigenvalue weighted by molar-refractivity contribution is 7.99. The fraction of sp³-hybridized carbons (Fsp3) is 0.923. The number of carbonyl (C=O) groups is 1. The molecule has 2 aliphatic rings. The van der Waals surface area contributed by atoms with Crippen LogP contribution in [0.15, 0.2) is 0 Å². The Morgan fingerprint density at radius 1 is 1.33 bits per heavy atom. The first kappa shape index (κ1) is 16.1. The van der Waals surface area contributed by atoms with Crippen LogP contribution in [0.1, 0.15) is 38.5 Å². The molecular weight excluding hydrogens is 268 g/mol. The molecule has 0 bridgehead atoms. The normalized spacial score (nSPS) is 21.4. The number of halogens is 1. The molecule has 0 atom stereocenters. The van der Waals surface area contributed by atoms with Crippen molar-refractivity contribution in [2.24, 2.45) is 17.1 Å². The minimum absolute atomic E-state index is 0. The molecule has 2 rings (SSSR count). The first-order valence-corrected chi connectivity index (χ1v) is 7.98. The van der Waals surface area contributed by atoms with Crippen molar-refractivity contribution < 1.29 is 4.79 Å². The maximum Gasteiger partial charge on any atom is 0.227 e. The van der Waals surface area contributed by atoms with Crippen LogP contribution in [0, 0.1) is 11.3 Å². The Morgan fingerprint density at radius 2 is 2.00 bits per heavy atom. The van der Waals surface area contributed by atoms with E-state index in [9.17, 15) is 4.79 Å². The quantitative estimate of drug-likeness (QED) is 0.707. The Balaban J connectivity index is 0.00000162. The zero-order valence-corrected chi connectivity index (χ0v) is 12.6. The maximum absolute atomic E-state index is 12.1.